The number of hydrogen-bond donors (Lipinski definition) is 3. The molecule has 1 rings (SSSR count). The Morgan fingerprint density at radius 1 is 1.25 bits per heavy atom. The van der Waals surface area contributed by atoms with Crippen LogP contribution in [0.4, 0.5) is 0 Å². The summed E-state index contributed by atoms with van der Waals surface area (Å²) in [7, 11) is 0. The van der Waals surface area contributed by atoms with Crippen LogP contribution in [0.3, 0.4) is 0 Å². The highest BCUT2D eigenvalue weighted by molar-refractivity contribution is 4.87. The van der Waals surface area contributed by atoms with E-state index in [1.165, 1.54) is 25.7 Å². The third kappa shape index (κ3) is 2.19. The average molecular weight is 172 g/mol. The number of aliphatic hydroxyl groups is 1. The maximum absolute atomic E-state index is 9.43. The molecule has 0 spiro atoms. The van der Waals surface area contributed by atoms with Gasteiger partial charge in [0, 0.05) is 6.54 Å². The molecule has 0 aliphatic heterocycles. The van der Waals surface area contributed by atoms with Crippen molar-refractivity contribution in [2.75, 3.05) is 13.1 Å². The van der Waals surface area contributed by atoms with Crippen molar-refractivity contribution in [2.45, 2.75) is 38.2 Å². The van der Waals surface area contributed by atoms with E-state index in [0.717, 1.165) is 6.42 Å². The molecule has 1 aliphatic rings. The second kappa shape index (κ2) is 4.21. The zero-order chi connectivity index (χ0) is 9.03. The molecule has 5 N–H and O–H groups in total. The van der Waals surface area contributed by atoms with Crippen molar-refractivity contribution in [1.29, 1.82) is 0 Å². The van der Waals surface area contributed by atoms with Crippen LogP contribution in [0.1, 0.15) is 32.1 Å². The molecule has 0 saturated heterocycles. The van der Waals surface area contributed by atoms with Crippen LogP contribution >= 0.6 is 0 Å². The Labute approximate surface area is 74.1 Å². The first-order valence-corrected chi connectivity index (χ1v) is 4.81. The van der Waals surface area contributed by atoms with E-state index in [0.29, 0.717) is 13.1 Å². The van der Waals surface area contributed by atoms with E-state index in [9.17, 15) is 5.11 Å². The number of nitrogens with two attached hydrogens (primary N) is 2. The molecule has 3 nitrogen and oxygen atoms in total. The molecule has 0 aromatic carbocycles. The molecule has 0 amide bonds. The molecular formula is C9H20N2O. The van der Waals surface area contributed by atoms with E-state index >= 15 is 0 Å². The average Bonchev–Trinajstić information content (AvgIpc) is 2.54. The first-order valence-electron chi connectivity index (χ1n) is 4.81. The zero-order valence-corrected chi connectivity index (χ0v) is 7.63. The summed E-state index contributed by atoms with van der Waals surface area (Å²) < 4.78 is 0. The summed E-state index contributed by atoms with van der Waals surface area (Å²) in [4.78, 5) is 0. The number of hydrogen-bond acceptors (Lipinski definition) is 3. The predicted molar refractivity (Wildman–Crippen MR) is 49.6 cm³/mol. The van der Waals surface area contributed by atoms with E-state index in [-0.39, 0.29) is 11.5 Å². The molecule has 72 valence electrons. The maximum Gasteiger partial charge on any atom is 0.0668 e. The van der Waals surface area contributed by atoms with E-state index in [1.807, 2.05) is 0 Å². The molecule has 1 fully saturated rings. The van der Waals surface area contributed by atoms with E-state index in [2.05, 4.69) is 0 Å². The van der Waals surface area contributed by atoms with Gasteiger partial charge in [0.05, 0.1) is 6.10 Å². The number of aliphatic hydroxyl groups excluding tert-OH is 1. The third-order valence-electron chi connectivity index (χ3n) is 3.04. The van der Waals surface area contributed by atoms with Crippen LogP contribution in [0, 0.1) is 5.41 Å². The van der Waals surface area contributed by atoms with Crippen LogP contribution in [0.25, 0.3) is 0 Å². The minimum absolute atomic E-state index is 0.207. The lowest BCUT2D eigenvalue weighted by atomic mass is 9.81. The fourth-order valence-corrected chi connectivity index (χ4v) is 2.20. The van der Waals surface area contributed by atoms with Crippen molar-refractivity contribution < 1.29 is 5.11 Å². The van der Waals surface area contributed by atoms with Crippen molar-refractivity contribution in [1.82, 2.24) is 0 Å². The van der Waals surface area contributed by atoms with Gasteiger partial charge in [-0.05, 0) is 31.2 Å². The molecule has 12 heavy (non-hydrogen) atoms. The standard InChI is InChI=1S/C9H20N2O/c10-6-8(12)5-9(7-11)3-1-2-4-9/h8,12H,1-7,10-11H2/t8-/m1/s1. The fraction of sp³-hybridized carbons (Fsp3) is 1.00. The van der Waals surface area contributed by atoms with Gasteiger partial charge in [0.2, 0.25) is 0 Å². The highest BCUT2D eigenvalue weighted by Crippen LogP contribution is 2.40. The Kier molecular flexibility index (Phi) is 3.50. The summed E-state index contributed by atoms with van der Waals surface area (Å²) in [5.74, 6) is 0. The first kappa shape index (κ1) is 9.96. The summed E-state index contributed by atoms with van der Waals surface area (Å²) in [5, 5.41) is 9.43. The normalized spacial score (nSPS) is 24.2. The van der Waals surface area contributed by atoms with Gasteiger partial charge < -0.3 is 16.6 Å². The van der Waals surface area contributed by atoms with Crippen LogP contribution in [-0.2, 0) is 0 Å². The topological polar surface area (TPSA) is 72.3 Å². The zero-order valence-electron chi connectivity index (χ0n) is 7.63. The molecule has 0 aromatic heterocycles. The summed E-state index contributed by atoms with van der Waals surface area (Å²) >= 11 is 0. The predicted octanol–water partition coefficient (Wildman–Crippen LogP) is 0.215. The molecule has 1 atom stereocenters. The van der Waals surface area contributed by atoms with Crippen molar-refractivity contribution in [2.24, 2.45) is 16.9 Å². The van der Waals surface area contributed by atoms with Crippen LogP contribution in [0.15, 0.2) is 0 Å². The molecule has 3 heteroatoms. The lowest BCUT2D eigenvalue weighted by molar-refractivity contribution is 0.109. The highest BCUT2D eigenvalue weighted by Gasteiger charge is 2.33. The minimum atomic E-state index is -0.355. The monoisotopic (exact) mass is 172 g/mol. The molecular weight excluding hydrogens is 152 g/mol. The Hall–Kier alpha value is -0.120. The van der Waals surface area contributed by atoms with Gasteiger partial charge >= 0.3 is 0 Å². The minimum Gasteiger partial charge on any atom is -0.392 e. The van der Waals surface area contributed by atoms with Crippen LogP contribution in [-0.4, -0.2) is 24.3 Å². The lowest BCUT2D eigenvalue weighted by Gasteiger charge is -2.29. The van der Waals surface area contributed by atoms with Crippen molar-refractivity contribution in [3.63, 3.8) is 0 Å². The Bertz CT molecular complexity index is 132. The molecule has 1 saturated carbocycles. The third-order valence-corrected chi connectivity index (χ3v) is 3.04. The summed E-state index contributed by atoms with van der Waals surface area (Å²) in [6, 6.07) is 0. The van der Waals surface area contributed by atoms with Crippen LogP contribution in [0.5, 0.6) is 0 Å². The molecule has 0 radical (unpaired) electrons. The van der Waals surface area contributed by atoms with Crippen molar-refractivity contribution in [3.8, 4) is 0 Å². The van der Waals surface area contributed by atoms with E-state index in [4.69, 9.17) is 11.5 Å². The summed E-state index contributed by atoms with van der Waals surface area (Å²) in [6.45, 7) is 1.06. The number of rotatable bonds is 4. The Morgan fingerprint density at radius 3 is 2.25 bits per heavy atom. The van der Waals surface area contributed by atoms with E-state index < -0.39 is 0 Å². The van der Waals surface area contributed by atoms with Crippen LogP contribution in [0.2, 0.25) is 0 Å². The van der Waals surface area contributed by atoms with Gasteiger partial charge in [0.15, 0.2) is 0 Å². The van der Waals surface area contributed by atoms with Crippen molar-refractivity contribution in [3.05, 3.63) is 0 Å². The van der Waals surface area contributed by atoms with E-state index in [1.54, 1.807) is 0 Å². The lowest BCUT2D eigenvalue weighted by Crippen LogP contribution is -2.34. The summed E-state index contributed by atoms with van der Waals surface area (Å²) in [6.07, 6.45) is 5.29. The quantitative estimate of drug-likeness (QED) is 0.568. The smallest absolute Gasteiger partial charge is 0.0668 e. The SMILES string of the molecule is NC[C@H](O)CC1(CN)CCCC1. The second-order valence-electron chi connectivity index (χ2n) is 4.00. The Balaban J connectivity index is 2.43. The van der Waals surface area contributed by atoms with Crippen molar-refractivity contribution >= 4 is 0 Å². The molecule has 0 bridgehead atoms. The fourth-order valence-electron chi connectivity index (χ4n) is 2.20. The molecule has 1 aliphatic carbocycles. The van der Waals surface area contributed by atoms with Gasteiger partial charge in [-0.1, -0.05) is 12.8 Å². The Morgan fingerprint density at radius 2 is 1.83 bits per heavy atom. The molecule has 0 unspecified atom stereocenters. The van der Waals surface area contributed by atoms with Gasteiger partial charge in [0.1, 0.15) is 0 Å². The second-order valence-corrected chi connectivity index (χ2v) is 4.00. The maximum atomic E-state index is 9.43. The summed E-state index contributed by atoms with van der Waals surface area (Å²) in [5.41, 5.74) is 11.3. The molecule has 0 heterocycles. The molecule has 0 aromatic rings. The van der Waals surface area contributed by atoms with Gasteiger partial charge in [-0.25, -0.2) is 0 Å². The highest BCUT2D eigenvalue weighted by atomic mass is 16.3. The first-order chi connectivity index (χ1) is 5.72. The van der Waals surface area contributed by atoms with Gasteiger partial charge in [-0.2, -0.15) is 0 Å². The largest absolute Gasteiger partial charge is 0.392 e. The van der Waals surface area contributed by atoms with Gasteiger partial charge in [-0.15, -0.1) is 0 Å². The van der Waals surface area contributed by atoms with Gasteiger partial charge in [-0.3, -0.25) is 0 Å². The van der Waals surface area contributed by atoms with Gasteiger partial charge in [0.25, 0.3) is 0 Å². The van der Waals surface area contributed by atoms with Crippen LogP contribution < -0.4 is 11.5 Å².